The van der Waals surface area contributed by atoms with Gasteiger partial charge in [-0.15, -0.1) is 0 Å². The van der Waals surface area contributed by atoms with Crippen LogP contribution in [0.1, 0.15) is 6.42 Å². The first kappa shape index (κ1) is 30.0. The van der Waals surface area contributed by atoms with E-state index < -0.39 is 70.4 Å². The van der Waals surface area contributed by atoms with Gasteiger partial charge in [0.2, 0.25) is 0 Å². The molecule has 0 saturated heterocycles. The van der Waals surface area contributed by atoms with Gasteiger partial charge in [-0.2, -0.15) is 74.6 Å². The summed E-state index contributed by atoms with van der Waals surface area (Å²) in [6.07, 6.45) is -10.5. The highest BCUT2D eigenvalue weighted by molar-refractivity contribution is 8.28. The number of alkyl halides is 17. The minimum absolute atomic E-state index is 1.73. The van der Waals surface area contributed by atoms with Crippen LogP contribution in [0.25, 0.3) is 0 Å². The number of hydrogen-bond acceptors (Lipinski definition) is 3. The molecule has 0 radical (unpaired) electrons. The van der Waals surface area contributed by atoms with Crippen LogP contribution in [0.3, 0.4) is 0 Å². The van der Waals surface area contributed by atoms with Crippen LogP contribution in [-0.4, -0.2) is 53.4 Å². The molecule has 0 fully saturated rings. The molecule has 0 bridgehead atoms. The molecule has 3 nitrogen and oxygen atoms in total. The van der Waals surface area contributed by atoms with Crippen LogP contribution in [0.2, 0.25) is 0 Å². The van der Waals surface area contributed by atoms with Crippen LogP contribution in [0.5, 0.6) is 0 Å². The zero-order valence-electron chi connectivity index (χ0n) is 14.0. The molecule has 0 saturated carbocycles. The fourth-order valence-electron chi connectivity index (χ4n) is 1.66. The molecular weight excluding hydrogens is 517 g/mol. The molecule has 0 heterocycles. The maximum atomic E-state index is 13.4. The molecule has 0 aliphatic heterocycles. The number of nitrogens with two attached hydrogens (primary N) is 3. The van der Waals surface area contributed by atoms with Crippen molar-refractivity contribution in [2.45, 2.75) is 54.1 Å². The monoisotopic (exact) mass is 527 g/mol. The molecule has 31 heavy (non-hydrogen) atoms. The zero-order valence-corrected chi connectivity index (χ0v) is 14.8. The summed E-state index contributed by atoms with van der Waals surface area (Å²) in [6.45, 7) is 0. The summed E-state index contributed by atoms with van der Waals surface area (Å²) >= 11 is 0. The largest absolute Gasteiger partial charge is 0.460 e. The van der Waals surface area contributed by atoms with E-state index in [0.29, 0.717) is 0 Å². The Hall–Kier alpha value is -0.960. The topological polar surface area (TPSA) is 78.1 Å². The van der Waals surface area contributed by atoms with Gasteiger partial charge in [0.05, 0.1) is 0 Å². The first-order chi connectivity index (χ1) is 13.0. The van der Waals surface area contributed by atoms with Crippen LogP contribution < -0.4 is 15.4 Å². The zero-order chi connectivity index (χ0) is 25.9. The first-order valence-electron chi connectivity index (χ1n) is 6.81. The van der Waals surface area contributed by atoms with E-state index in [0.717, 1.165) is 0 Å². The molecule has 0 aromatic rings. The van der Waals surface area contributed by atoms with Gasteiger partial charge in [-0.1, -0.05) is 10.6 Å². The van der Waals surface area contributed by atoms with E-state index in [-0.39, 0.29) is 0 Å². The minimum atomic E-state index is -8.65. The van der Waals surface area contributed by atoms with E-state index in [9.17, 15) is 74.6 Å². The summed E-state index contributed by atoms with van der Waals surface area (Å²) in [4.78, 5) is 0. The molecule has 6 N–H and O–H groups in total. The van der Waals surface area contributed by atoms with Crippen LogP contribution in [0, 0.1) is 0 Å². The maximum absolute atomic E-state index is 13.4. The van der Waals surface area contributed by atoms with Crippen molar-refractivity contribution in [2.24, 2.45) is 15.4 Å². The van der Waals surface area contributed by atoms with E-state index in [1.807, 2.05) is 0 Å². The normalized spacial score (nSPS) is 17.2. The summed E-state index contributed by atoms with van der Waals surface area (Å²) in [7, 11) is -3.72. The maximum Gasteiger partial charge on any atom is 0.460 e. The second-order valence-electron chi connectivity index (χ2n) is 6.01. The third-order valence-corrected chi connectivity index (χ3v) is 4.47. The summed E-state index contributed by atoms with van der Waals surface area (Å²) < 4.78 is 220. The number of rotatable bonds is 9. The lowest BCUT2D eigenvalue weighted by Gasteiger charge is -2.43. The van der Waals surface area contributed by atoms with Crippen LogP contribution >= 0.6 is 10.6 Å². The van der Waals surface area contributed by atoms with Gasteiger partial charge in [0.15, 0.2) is 0 Å². The highest BCUT2D eigenvalue weighted by Crippen LogP contribution is 2.64. The molecule has 0 aliphatic carbocycles. The average molecular weight is 527 g/mol. The quantitative estimate of drug-likeness (QED) is 0.377. The molecule has 0 rings (SSSR count). The van der Waals surface area contributed by atoms with E-state index in [4.69, 9.17) is 15.4 Å². The van der Waals surface area contributed by atoms with Crippen LogP contribution in [0.4, 0.5) is 74.6 Å². The molecule has 0 amide bonds. The fourth-order valence-corrected chi connectivity index (χ4v) is 2.27. The highest BCUT2D eigenvalue weighted by Gasteiger charge is 2.95. The molecule has 21 heteroatoms. The molecule has 0 aliphatic rings. The number of halogens is 17. The van der Waals surface area contributed by atoms with Crippen molar-refractivity contribution in [3.8, 4) is 0 Å². The Morgan fingerprint density at radius 1 is 0.419 bits per heavy atom. The Kier molecular flexibility index (Phi) is 7.30. The lowest BCUT2D eigenvalue weighted by Crippen LogP contribution is -2.74. The van der Waals surface area contributed by atoms with E-state index in [1.54, 1.807) is 0 Å². The highest BCUT2D eigenvalue weighted by atomic mass is 32.3. The first-order valence-corrected chi connectivity index (χ1v) is 8.80. The van der Waals surface area contributed by atoms with Gasteiger partial charge in [-0.05, 0) is 0 Å². The Morgan fingerprint density at radius 2 is 0.677 bits per heavy atom. The molecule has 0 unspecified atom stereocenters. The van der Waals surface area contributed by atoms with E-state index in [1.165, 1.54) is 0 Å². The van der Waals surface area contributed by atoms with Crippen molar-refractivity contribution in [1.29, 1.82) is 0 Å². The predicted molar refractivity (Wildman–Crippen MR) is 70.3 cm³/mol. The van der Waals surface area contributed by atoms with Crippen molar-refractivity contribution in [1.82, 2.24) is 0 Å². The van der Waals surface area contributed by atoms with E-state index >= 15 is 0 Å². The lowest BCUT2D eigenvalue weighted by atomic mass is 9.88. The van der Waals surface area contributed by atoms with Gasteiger partial charge in [-0.3, -0.25) is 15.4 Å². The summed E-state index contributed by atoms with van der Waals surface area (Å²) in [5.74, 6) is -58.3. The third kappa shape index (κ3) is 4.45. The van der Waals surface area contributed by atoms with Crippen molar-refractivity contribution in [3.05, 3.63) is 0 Å². The molecule has 0 atom stereocenters. The van der Waals surface area contributed by atoms with E-state index in [2.05, 4.69) is 0 Å². The second-order valence-corrected chi connectivity index (χ2v) is 8.24. The van der Waals surface area contributed by atoms with Crippen molar-refractivity contribution >= 4 is 10.6 Å². The third-order valence-electron chi connectivity index (χ3n) is 3.56. The van der Waals surface area contributed by atoms with Crippen LogP contribution in [-0.2, 0) is 0 Å². The van der Waals surface area contributed by atoms with Gasteiger partial charge in [0.25, 0.3) is 0 Å². The van der Waals surface area contributed by atoms with Gasteiger partial charge < -0.3 is 0 Å². The molecule has 0 spiro atoms. The molecule has 0 aromatic carbocycles. The minimum Gasteiger partial charge on any atom is -0.272 e. The summed E-state index contributed by atoms with van der Waals surface area (Å²) in [5.41, 5.74) is 0. The van der Waals surface area contributed by atoms with Gasteiger partial charge in [-0.25, -0.2) is 0 Å². The Labute approximate surface area is 161 Å². The van der Waals surface area contributed by atoms with Gasteiger partial charge >= 0.3 is 47.6 Å². The lowest BCUT2D eigenvalue weighted by molar-refractivity contribution is -0.461. The SMILES string of the molecule is NS(N)(N)CCC(F)(F)C(F)(F)C(F)(F)C(F)(F)C(F)(F)C(F)(F)C(F)(F)C(F)(F)F. The Balaban J connectivity index is 6.56. The van der Waals surface area contributed by atoms with Gasteiger partial charge in [0, 0.05) is 12.2 Å². The predicted octanol–water partition coefficient (Wildman–Crippen LogP) is 4.81. The van der Waals surface area contributed by atoms with Gasteiger partial charge in [0.1, 0.15) is 0 Å². The molecule has 190 valence electrons. The average Bonchev–Trinajstić information content (AvgIpc) is 2.50. The van der Waals surface area contributed by atoms with Crippen molar-refractivity contribution in [2.75, 3.05) is 5.75 Å². The standard InChI is InChI=1S/C10H10F17N3S/c11-3(12,1-2-31(28,29)30)4(13,14)5(15,16)6(17,18)7(19,20)8(21,22)9(23,24)10(25,26)27/h1-2,28-30H2. The second kappa shape index (κ2) is 7.54. The smallest absolute Gasteiger partial charge is 0.272 e. The number of hydrogen-bond donors (Lipinski definition) is 3. The fraction of sp³-hybridized carbons (Fsp3) is 1.00. The molecule has 0 aromatic heterocycles. The summed E-state index contributed by atoms with van der Waals surface area (Å²) in [6, 6.07) is 0. The Morgan fingerprint density at radius 3 is 0.935 bits per heavy atom. The molecular formula is C10H10F17N3S. The summed E-state index contributed by atoms with van der Waals surface area (Å²) in [5, 5.41) is 14.1. The van der Waals surface area contributed by atoms with Crippen molar-refractivity contribution < 1.29 is 74.6 Å². The van der Waals surface area contributed by atoms with Crippen LogP contribution in [0.15, 0.2) is 0 Å². The van der Waals surface area contributed by atoms with Crippen molar-refractivity contribution in [3.63, 3.8) is 0 Å². The Bertz CT molecular complexity index is 650.